The van der Waals surface area contributed by atoms with Crippen molar-refractivity contribution in [2.24, 2.45) is 12.8 Å². The molecule has 4 aromatic rings. The molecule has 3 aromatic heterocycles. The Balaban J connectivity index is 1.29. The predicted octanol–water partition coefficient (Wildman–Crippen LogP) is 2.07. The number of fused-ring (bicyclic) bond motifs is 2. The number of carbonyl (C=O) groups is 2. The molecular weight excluding hydrogens is 599 g/mol. The molecule has 13 nitrogen and oxygen atoms in total. The fraction of sp³-hybridized carbons (Fsp3) is 0.321. The zero-order valence-corrected chi connectivity index (χ0v) is 24.6. The molecule has 0 radical (unpaired) electrons. The summed E-state index contributed by atoms with van der Waals surface area (Å²) in [4.78, 5) is 51.9. The number of morpholine rings is 1. The van der Waals surface area contributed by atoms with Crippen molar-refractivity contribution in [2.75, 3.05) is 49.6 Å². The summed E-state index contributed by atoms with van der Waals surface area (Å²) in [6.07, 6.45) is 4.43. The minimum absolute atomic E-state index is 0.119. The second-order valence-corrected chi connectivity index (χ2v) is 11.3. The highest BCUT2D eigenvalue weighted by atomic mass is 35.5. The molecular formula is C28H28Cl2N8O5. The Kier molecular flexibility index (Phi) is 7.73. The maximum atomic E-state index is 13.3. The summed E-state index contributed by atoms with van der Waals surface area (Å²) in [5.41, 5.74) is 6.18. The topological polar surface area (TPSA) is 161 Å². The lowest BCUT2D eigenvalue weighted by molar-refractivity contribution is -0.116. The van der Waals surface area contributed by atoms with Crippen molar-refractivity contribution in [1.29, 1.82) is 0 Å². The van der Waals surface area contributed by atoms with E-state index in [4.69, 9.17) is 33.7 Å². The van der Waals surface area contributed by atoms with E-state index in [2.05, 4.69) is 25.1 Å². The van der Waals surface area contributed by atoms with Crippen molar-refractivity contribution in [3.8, 4) is 16.9 Å². The third-order valence-corrected chi connectivity index (χ3v) is 8.36. The molecule has 1 atom stereocenters. The zero-order chi connectivity index (χ0) is 30.4. The largest absolute Gasteiger partial charge is 0.506 e. The number of hydrogen-bond donors (Lipinski definition) is 3. The van der Waals surface area contributed by atoms with Crippen LogP contribution in [0.15, 0.2) is 41.7 Å². The van der Waals surface area contributed by atoms with E-state index < -0.39 is 17.6 Å². The van der Waals surface area contributed by atoms with Crippen LogP contribution < -0.4 is 21.5 Å². The number of nitrogens with zero attached hydrogens (tertiary/aromatic N) is 6. The first-order valence-corrected chi connectivity index (χ1v) is 14.3. The van der Waals surface area contributed by atoms with Gasteiger partial charge in [-0.05, 0) is 17.7 Å². The normalized spacial score (nSPS) is 17.2. The third kappa shape index (κ3) is 5.52. The molecule has 2 fully saturated rings. The number of carbonyl (C=O) groups excluding carboxylic acids is 2. The molecule has 2 saturated heterocycles. The Morgan fingerprint density at radius 1 is 1.16 bits per heavy atom. The van der Waals surface area contributed by atoms with Gasteiger partial charge in [0.2, 0.25) is 5.91 Å². The number of primary amides is 1. The van der Waals surface area contributed by atoms with Gasteiger partial charge in [-0.3, -0.25) is 19.3 Å². The lowest BCUT2D eigenvalue weighted by atomic mass is 10.0. The van der Waals surface area contributed by atoms with Crippen LogP contribution in [0, 0.1) is 0 Å². The average molecular weight is 627 g/mol. The number of amides is 2. The van der Waals surface area contributed by atoms with Gasteiger partial charge in [-0.2, -0.15) is 0 Å². The number of nitrogens with two attached hydrogens (primary N) is 1. The summed E-state index contributed by atoms with van der Waals surface area (Å²) >= 11 is 12.6. The summed E-state index contributed by atoms with van der Waals surface area (Å²) in [7, 11) is 1.55. The molecule has 15 heteroatoms. The van der Waals surface area contributed by atoms with Crippen LogP contribution in [-0.4, -0.2) is 86.4 Å². The molecule has 0 bridgehead atoms. The molecule has 43 heavy (non-hydrogen) atoms. The number of aromatic nitrogens is 4. The van der Waals surface area contributed by atoms with Crippen molar-refractivity contribution in [2.45, 2.75) is 12.6 Å². The number of rotatable bonds is 6. The molecule has 2 aliphatic heterocycles. The summed E-state index contributed by atoms with van der Waals surface area (Å²) in [5, 5.41) is 13.4. The number of phenols is 1. The molecule has 1 aromatic carbocycles. The van der Waals surface area contributed by atoms with Crippen LogP contribution >= 0.6 is 23.2 Å². The van der Waals surface area contributed by atoms with Crippen molar-refractivity contribution in [3.05, 3.63) is 62.9 Å². The molecule has 0 spiro atoms. The molecule has 1 unspecified atom stereocenters. The molecule has 2 amide bonds. The Hall–Kier alpha value is -4.17. The van der Waals surface area contributed by atoms with Crippen LogP contribution in [-0.2, 0) is 23.1 Å². The molecule has 224 valence electrons. The van der Waals surface area contributed by atoms with E-state index in [1.807, 2.05) is 0 Å². The standard InChI is InChI=1S/C28H28Cl2N8O5/c1-35-14-33-27-24(28(35)42)18(15-6-17(26(31)41)25(40)19(29)7-15)11-38(27)12-23(39)34-21-8-22(32-9-20(21)30)37-3-2-36-4-5-43-13-16(36)10-37/h6-9,11,14,16,40H,2-5,10,12-13H2,1H3,(H2,31,41)(H,32,34,39). The van der Waals surface area contributed by atoms with Gasteiger partial charge in [0.05, 0.1) is 58.5 Å². The number of piperazine rings is 1. The highest BCUT2D eigenvalue weighted by molar-refractivity contribution is 6.34. The number of benzene rings is 1. The van der Waals surface area contributed by atoms with E-state index in [-0.39, 0.29) is 44.8 Å². The molecule has 6 rings (SSSR count). The van der Waals surface area contributed by atoms with Gasteiger partial charge in [0.25, 0.3) is 11.5 Å². The average Bonchev–Trinajstić information content (AvgIpc) is 3.35. The Bertz CT molecular complexity index is 1820. The van der Waals surface area contributed by atoms with Crippen LogP contribution in [0.1, 0.15) is 10.4 Å². The number of aryl methyl sites for hydroxylation is 1. The van der Waals surface area contributed by atoms with Gasteiger partial charge >= 0.3 is 0 Å². The first kappa shape index (κ1) is 28.9. The fourth-order valence-electron chi connectivity index (χ4n) is 5.54. The maximum absolute atomic E-state index is 13.3. The lowest BCUT2D eigenvalue weighted by Crippen LogP contribution is -2.58. The van der Waals surface area contributed by atoms with E-state index in [0.29, 0.717) is 29.2 Å². The van der Waals surface area contributed by atoms with Crippen molar-refractivity contribution < 1.29 is 19.4 Å². The van der Waals surface area contributed by atoms with Gasteiger partial charge in [-0.25, -0.2) is 9.97 Å². The zero-order valence-electron chi connectivity index (χ0n) is 23.1. The summed E-state index contributed by atoms with van der Waals surface area (Å²) in [6, 6.07) is 4.77. The monoisotopic (exact) mass is 626 g/mol. The first-order chi connectivity index (χ1) is 20.6. The van der Waals surface area contributed by atoms with Crippen LogP contribution in [0.25, 0.3) is 22.2 Å². The third-order valence-electron chi connectivity index (χ3n) is 7.77. The Morgan fingerprint density at radius 2 is 1.98 bits per heavy atom. The number of pyridine rings is 1. The number of halogens is 2. The van der Waals surface area contributed by atoms with E-state index in [1.165, 1.54) is 33.8 Å². The fourth-order valence-corrected chi connectivity index (χ4v) is 5.91. The first-order valence-electron chi connectivity index (χ1n) is 13.5. The van der Waals surface area contributed by atoms with E-state index in [0.717, 1.165) is 32.8 Å². The predicted molar refractivity (Wildman–Crippen MR) is 162 cm³/mol. The second kappa shape index (κ2) is 11.5. The number of nitrogens with one attached hydrogen (secondary N) is 1. The molecule has 5 heterocycles. The SMILES string of the molecule is Cn1cnc2c(c(-c3cc(Cl)c(O)c(C(N)=O)c3)cn2CC(=O)Nc2cc(N3CCN4CCOCC4C3)ncc2Cl)c1=O. The van der Waals surface area contributed by atoms with Gasteiger partial charge in [0.15, 0.2) is 0 Å². The van der Waals surface area contributed by atoms with Crippen molar-refractivity contribution in [3.63, 3.8) is 0 Å². The highest BCUT2D eigenvalue weighted by Gasteiger charge is 2.30. The van der Waals surface area contributed by atoms with Gasteiger partial charge in [0.1, 0.15) is 23.8 Å². The van der Waals surface area contributed by atoms with Gasteiger partial charge in [0, 0.05) is 51.1 Å². The smallest absolute Gasteiger partial charge is 0.263 e. The van der Waals surface area contributed by atoms with Crippen LogP contribution in [0.5, 0.6) is 5.75 Å². The van der Waals surface area contributed by atoms with E-state index in [1.54, 1.807) is 19.3 Å². The number of aromatic hydroxyl groups is 1. The van der Waals surface area contributed by atoms with E-state index >= 15 is 0 Å². The summed E-state index contributed by atoms with van der Waals surface area (Å²) in [5.74, 6) is -1.08. The second-order valence-electron chi connectivity index (χ2n) is 10.5. The molecule has 0 aliphatic carbocycles. The van der Waals surface area contributed by atoms with Gasteiger partial charge < -0.3 is 34.9 Å². The summed E-state index contributed by atoms with van der Waals surface area (Å²) in [6.45, 7) is 4.54. The van der Waals surface area contributed by atoms with Crippen LogP contribution in [0.3, 0.4) is 0 Å². The molecule has 2 aliphatic rings. The highest BCUT2D eigenvalue weighted by Crippen LogP contribution is 2.36. The number of anilines is 2. The molecule has 0 saturated carbocycles. The van der Waals surface area contributed by atoms with Crippen molar-refractivity contribution >= 4 is 57.6 Å². The minimum Gasteiger partial charge on any atom is -0.506 e. The number of ether oxygens (including phenoxy) is 1. The van der Waals surface area contributed by atoms with Crippen LogP contribution in [0.4, 0.5) is 11.5 Å². The minimum atomic E-state index is -0.891. The Morgan fingerprint density at radius 3 is 2.77 bits per heavy atom. The van der Waals surface area contributed by atoms with Gasteiger partial charge in [-0.1, -0.05) is 23.2 Å². The maximum Gasteiger partial charge on any atom is 0.263 e. The quantitative estimate of drug-likeness (QED) is 0.291. The summed E-state index contributed by atoms with van der Waals surface area (Å²) < 4.78 is 8.46. The lowest BCUT2D eigenvalue weighted by Gasteiger charge is -2.44. The van der Waals surface area contributed by atoms with Gasteiger partial charge in [-0.15, -0.1) is 0 Å². The van der Waals surface area contributed by atoms with E-state index in [9.17, 15) is 19.5 Å². The Labute approximate surface area is 255 Å². The van der Waals surface area contributed by atoms with Crippen LogP contribution in [0.2, 0.25) is 10.0 Å². The number of hydrogen-bond acceptors (Lipinski definition) is 9. The van der Waals surface area contributed by atoms with Crippen molar-refractivity contribution in [1.82, 2.24) is 24.0 Å². The molecule has 4 N–H and O–H groups in total.